The minimum Gasteiger partial charge on any atom is -0.453 e. The van der Waals surface area contributed by atoms with Crippen LogP contribution in [0.25, 0.3) is 0 Å². The molecule has 172 valence electrons. The predicted octanol–water partition coefficient (Wildman–Crippen LogP) is 4.40. The maximum Gasteiger partial charge on any atom is 0.344 e. The van der Waals surface area contributed by atoms with Crippen molar-refractivity contribution in [2.75, 3.05) is 0 Å². The molecule has 4 aromatic rings. The van der Waals surface area contributed by atoms with E-state index in [1.54, 1.807) is 49.1 Å². The highest BCUT2D eigenvalue weighted by atomic mass is 16.5. The van der Waals surface area contributed by atoms with Crippen molar-refractivity contribution < 1.29 is 29.0 Å². The second-order valence-corrected chi connectivity index (χ2v) is 8.94. The predicted molar refractivity (Wildman–Crippen MR) is 125 cm³/mol. The molecule has 4 atom stereocenters. The fourth-order valence-corrected chi connectivity index (χ4v) is 5.45. The minimum atomic E-state index is -0.434. The van der Waals surface area contributed by atoms with Crippen molar-refractivity contribution >= 4 is 11.9 Å². The topological polar surface area (TPSA) is 80.9 Å². The molecule has 2 aliphatic rings. The van der Waals surface area contributed by atoms with E-state index in [0.717, 1.165) is 22.3 Å². The highest BCUT2D eigenvalue weighted by Gasteiger charge is 2.47. The number of hydrogen-bond donors (Lipinski definition) is 0. The summed E-state index contributed by atoms with van der Waals surface area (Å²) in [5.74, 6) is -0.816. The molecule has 0 saturated carbocycles. The molecule has 0 spiro atoms. The molecular weight excluding hydrogens is 440 g/mol. The molecule has 2 N–H and O–H groups in total. The van der Waals surface area contributed by atoms with Gasteiger partial charge in [-0.2, -0.15) is 0 Å². The van der Waals surface area contributed by atoms with E-state index < -0.39 is 12.2 Å². The number of hydrogen-bond acceptors (Lipinski definition) is 4. The van der Waals surface area contributed by atoms with Gasteiger partial charge in [-0.05, 0) is 40.8 Å². The summed E-state index contributed by atoms with van der Waals surface area (Å²) in [6.07, 6.45) is 6.64. The zero-order valence-electron chi connectivity index (χ0n) is 18.9. The number of nitrogens with one attached hydrogen (secondary N) is 2. The van der Waals surface area contributed by atoms with Gasteiger partial charge in [0, 0.05) is 24.0 Å². The number of aromatic amines is 2. The lowest BCUT2D eigenvalue weighted by Gasteiger charge is -2.45. The molecule has 2 aliphatic carbocycles. The van der Waals surface area contributed by atoms with Gasteiger partial charge in [0.1, 0.15) is 23.3 Å². The van der Waals surface area contributed by atoms with Crippen molar-refractivity contribution in [1.82, 2.24) is 0 Å². The summed E-state index contributed by atoms with van der Waals surface area (Å²) in [6.45, 7) is 0. The van der Waals surface area contributed by atoms with E-state index in [4.69, 9.17) is 9.47 Å². The number of pyridine rings is 2. The standard InChI is InChI=1S/C29H22N2O4/c32-28(18-7-5-13-30-16-18)34-26-22-11-3-1-9-20(22)24-15-25(26)21-10-2-4-12-23(21)27(24)35-29(33)19-8-6-14-31-17-19/h1-14,16-17,24-27H,15H2/p+2/t24-,25-,26-,27-/m0/s1. The van der Waals surface area contributed by atoms with Crippen molar-refractivity contribution in [3.63, 3.8) is 0 Å². The van der Waals surface area contributed by atoms with Crippen LogP contribution in [-0.2, 0) is 9.47 Å². The Hall–Kier alpha value is -4.32. The third kappa shape index (κ3) is 3.77. The first-order valence-corrected chi connectivity index (χ1v) is 11.7. The number of H-pyrrole nitrogens is 2. The second kappa shape index (κ2) is 8.80. The molecule has 2 aromatic heterocycles. The summed E-state index contributed by atoms with van der Waals surface area (Å²) in [7, 11) is 0. The lowest BCUT2D eigenvalue weighted by atomic mass is 9.64. The van der Waals surface area contributed by atoms with Gasteiger partial charge in [-0.3, -0.25) is 0 Å². The molecule has 0 aliphatic heterocycles. The molecule has 6 nitrogen and oxygen atoms in total. The highest BCUT2D eigenvalue weighted by Crippen LogP contribution is 2.58. The number of ether oxygens (including phenoxy) is 2. The monoisotopic (exact) mass is 464 g/mol. The number of carbonyl (C=O) groups is 2. The summed E-state index contributed by atoms with van der Waals surface area (Å²) < 4.78 is 12.3. The van der Waals surface area contributed by atoms with Crippen molar-refractivity contribution in [3.05, 3.63) is 131 Å². The van der Waals surface area contributed by atoms with Gasteiger partial charge in [-0.25, -0.2) is 19.6 Å². The molecule has 0 amide bonds. The zero-order chi connectivity index (χ0) is 23.8. The van der Waals surface area contributed by atoms with Crippen LogP contribution < -0.4 is 9.97 Å². The van der Waals surface area contributed by atoms with Gasteiger partial charge in [0.2, 0.25) is 0 Å². The highest BCUT2D eigenvalue weighted by molar-refractivity contribution is 5.89. The average molecular weight is 465 g/mol. The van der Waals surface area contributed by atoms with E-state index >= 15 is 0 Å². The Morgan fingerprint density at radius 2 is 1.03 bits per heavy atom. The van der Waals surface area contributed by atoms with Crippen molar-refractivity contribution in [1.29, 1.82) is 0 Å². The average Bonchev–Trinajstić information content (AvgIpc) is 2.93. The number of aromatic nitrogens is 2. The molecule has 2 bridgehead atoms. The molecule has 2 aromatic carbocycles. The van der Waals surface area contributed by atoms with E-state index in [1.165, 1.54) is 0 Å². The largest absolute Gasteiger partial charge is 0.453 e. The van der Waals surface area contributed by atoms with Crippen molar-refractivity contribution in [2.45, 2.75) is 30.5 Å². The minimum absolute atomic E-state index is 0.0391. The molecular formula is C29H24N2O4+2. The van der Waals surface area contributed by atoms with E-state index in [0.29, 0.717) is 17.5 Å². The van der Waals surface area contributed by atoms with Gasteiger partial charge in [-0.15, -0.1) is 0 Å². The normalized spacial score (nSPS) is 21.8. The Balaban J connectivity index is 1.41. The molecule has 6 heteroatoms. The SMILES string of the molecule is O=C(O[C@H]1c2ccccc2[C@@H]2C[C@H]1c1ccccc1[C@@H]2OC(=O)c1ccc[nH+]c1)c1ccc[nH+]c1. The molecule has 0 fully saturated rings. The Morgan fingerprint density at radius 1 is 0.600 bits per heavy atom. The third-order valence-electron chi connectivity index (χ3n) is 7.00. The molecule has 6 rings (SSSR count). The summed E-state index contributed by atoms with van der Waals surface area (Å²) >= 11 is 0. The molecule has 0 radical (unpaired) electrons. The number of benzene rings is 2. The van der Waals surface area contributed by atoms with Crippen LogP contribution in [0.3, 0.4) is 0 Å². The molecule has 2 heterocycles. The van der Waals surface area contributed by atoms with Crippen LogP contribution in [0.2, 0.25) is 0 Å². The molecule has 35 heavy (non-hydrogen) atoms. The van der Waals surface area contributed by atoms with Crippen LogP contribution in [0.15, 0.2) is 97.6 Å². The van der Waals surface area contributed by atoms with Crippen LogP contribution in [0.1, 0.15) is 73.4 Å². The second-order valence-electron chi connectivity index (χ2n) is 8.94. The maximum absolute atomic E-state index is 13.0. The number of fused-ring (bicyclic) bond motifs is 6. The van der Waals surface area contributed by atoms with Gasteiger partial charge in [0.25, 0.3) is 0 Å². The van der Waals surface area contributed by atoms with Crippen molar-refractivity contribution in [3.8, 4) is 0 Å². The van der Waals surface area contributed by atoms with Crippen LogP contribution in [0, 0.1) is 0 Å². The van der Waals surface area contributed by atoms with Gasteiger partial charge >= 0.3 is 11.9 Å². The Labute approximate surface area is 202 Å². The van der Waals surface area contributed by atoms with Gasteiger partial charge in [0.15, 0.2) is 24.8 Å². The van der Waals surface area contributed by atoms with E-state index in [1.807, 2.05) is 36.4 Å². The summed E-state index contributed by atoms with van der Waals surface area (Å²) in [4.78, 5) is 32.0. The Bertz CT molecular complexity index is 1280. The summed E-state index contributed by atoms with van der Waals surface area (Å²) in [5.41, 5.74) is 4.97. The molecule has 0 saturated heterocycles. The first-order valence-electron chi connectivity index (χ1n) is 11.7. The van der Waals surface area contributed by atoms with Gasteiger partial charge in [0.05, 0.1) is 0 Å². The quantitative estimate of drug-likeness (QED) is 0.420. The third-order valence-corrected chi connectivity index (χ3v) is 7.00. The Kier molecular flexibility index (Phi) is 5.34. The van der Waals surface area contributed by atoms with Crippen molar-refractivity contribution in [2.24, 2.45) is 0 Å². The van der Waals surface area contributed by atoms with Gasteiger partial charge in [-0.1, -0.05) is 48.5 Å². The van der Waals surface area contributed by atoms with Crippen LogP contribution in [0.5, 0.6) is 0 Å². The Morgan fingerprint density at radius 3 is 1.43 bits per heavy atom. The van der Waals surface area contributed by atoms with E-state index in [2.05, 4.69) is 22.1 Å². The number of carbonyl (C=O) groups excluding carboxylic acids is 2. The van der Waals surface area contributed by atoms with E-state index in [-0.39, 0.29) is 23.8 Å². The zero-order valence-corrected chi connectivity index (χ0v) is 18.9. The molecule has 0 unspecified atom stereocenters. The fourth-order valence-electron chi connectivity index (χ4n) is 5.45. The maximum atomic E-state index is 13.0. The lowest BCUT2D eigenvalue weighted by Crippen LogP contribution is -2.35. The van der Waals surface area contributed by atoms with Crippen LogP contribution in [0.4, 0.5) is 0 Å². The summed E-state index contributed by atoms with van der Waals surface area (Å²) in [6, 6.07) is 23.1. The number of rotatable bonds is 4. The van der Waals surface area contributed by atoms with E-state index in [9.17, 15) is 9.59 Å². The summed E-state index contributed by atoms with van der Waals surface area (Å²) in [5, 5.41) is 0. The van der Waals surface area contributed by atoms with Crippen LogP contribution in [-0.4, -0.2) is 11.9 Å². The smallest absolute Gasteiger partial charge is 0.344 e. The van der Waals surface area contributed by atoms with Gasteiger partial charge < -0.3 is 9.47 Å². The lowest BCUT2D eigenvalue weighted by molar-refractivity contribution is -0.378. The fraction of sp³-hybridized carbons (Fsp3) is 0.172. The van der Waals surface area contributed by atoms with Crippen LogP contribution >= 0.6 is 0 Å². The first-order chi connectivity index (χ1) is 17.2. The number of esters is 2. The first kappa shape index (κ1) is 21.2.